The van der Waals surface area contributed by atoms with Crippen molar-refractivity contribution >= 4 is 21.6 Å². The van der Waals surface area contributed by atoms with Gasteiger partial charge in [-0.15, -0.1) is 0 Å². The number of carbonyl (C=O) groups is 1. The summed E-state index contributed by atoms with van der Waals surface area (Å²) in [6, 6.07) is 13.8. The second-order valence-corrected chi connectivity index (χ2v) is 8.38. The summed E-state index contributed by atoms with van der Waals surface area (Å²) < 4.78 is 32.2. The molecule has 0 aliphatic carbocycles. The number of benzene rings is 2. The molecule has 1 fully saturated rings. The van der Waals surface area contributed by atoms with Crippen LogP contribution in [0.1, 0.15) is 25.3 Å². The first-order valence-corrected chi connectivity index (χ1v) is 10.5. The van der Waals surface area contributed by atoms with Crippen molar-refractivity contribution in [3.05, 3.63) is 54.1 Å². The Morgan fingerprint density at radius 2 is 1.81 bits per heavy atom. The van der Waals surface area contributed by atoms with Crippen LogP contribution in [0.3, 0.4) is 0 Å². The van der Waals surface area contributed by atoms with Crippen LogP contribution in [0.5, 0.6) is 5.75 Å². The lowest BCUT2D eigenvalue weighted by Crippen LogP contribution is -2.28. The first-order chi connectivity index (χ1) is 13.0. The van der Waals surface area contributed by atoms with Crippen LogP contribution in [0.25, 0.3) is 0 Å². The van der Waals surface area contributed by atoms with Crippen molar-refractivity contribution in [2.45, 2.75) is 31.1 Å². The standard InChI is InChI=1S/C20H24N2O4S/c1-2-26-18-10-8-16(9-11-18)14-20(23)21-17-6-5-7-19(15-17)27(24,25)22-12-3-4-13-22/h5-11,15H,2-4,12-14H2,1H3,(H,21,23). The fraction of sp³-hybridized carbons (Fsp3) is 0.350. The van der Waals surface area contributed by atoms with E-state index in [4.69, 9.17) is 4.74 Å². The summed E-state index contributed by atoms with van der Waals surface area (Å²) in [6.45, 7) is 3.61. The highest BCUT2D eigenvalue weighted by molar-refractivity contribution is 7.89. The molecule has 0 bridgehead atoms. The van der Waals surface area contributed by atoms with Gasteiger partial charge in [0.25, 0.3) is 0 Å². The van der Waals surface area contributed by atoms with E-state index >= 15 is 0 Å². The number of rotatable bonds is 7. The van der Waals surface area contributed by atoms with Gasteiger partial charge in [0.15, 0.2) is 0 Å². The van der Waals surface area contributed by atoms with E-state index in [-0.39, 0.29) is 17.2 Å². The first kappa shape index (κ1) is 19.4. The molecular formula is C20H24N2O4S. The molecule has 1 saturated heterocycles. The molecule has 2 aromatic carbocycles. The average Bonchev–Trinajstić information content (AvgIpc) is 3.19. The molecule has 0 spiro atoms. The van der Waals surface area contributed by atoms with Crippen LogP contribution < -0.4 is 10.1 Å². The molecule has 0 aromatic heterocycles. The summed E-state index contributed by atoms with van der Waals surface area (Å²) in [5.74, 6) is 0.566. The van der Waals surface area contributed by atoms with Crippen molar-refractivity contribution in [1.29, 1.82) is 0 Å². The number of ether oxygens (including phenoxy) is 1. The maximum atomic E-state index is 12.7. The largest absolute Gasteiger partial charge is 0.494 e. The highest BCUT2D eigenvalue weighted by Gasteiger charge is 2.27. The van der Waals surface area contributed by atoms with Crippen molar-refractivity contribution in [1.82, 2.24) is 4.31 Å². The summed E-state index contributed by atoms with van der Waals surface area (Å²) >= 11 is 0. The SMILES string of the molecule is CCOc1ccc(CC(=O)Nc2cccc(S(=O)(=O)N3CCCC3)c2)cc1. The van der Waals surface area contributed by atoms with Crippen LogP contribution in [0.4, 0.5) is 5.69 Å². The number of hydrogen-bond acceptors (Lipinski definition) is 4. The molecule has 0 saturated carbocycles. The molecule has 27 heavy (non-hydrogen) atoms. The molecule has 1 aliphatic rings. The summed E-state index contributed by atoms with van der Waals surface area (Å²) in [6.07, 6.45) is 1.98. The van der Waals surface area contributed by atoms with Gasteiger partial charge in [-0.3, -0.25) is 4.79 Å². The Hall–Kier alpha value is -2.38. The summed E-state index contributed by atoms with van der Waals surface area (Å²) in [4.78, 5) is 12.5. The maximum Gasteiger partial charge on any atom is 0.243 e. The third kappa shape index (κ3) is 4.87. The molecule has 6 nitrogen and oxygen atoms in total. The van der Waals surface area contributed by atoms with Crippen molar-refractivity contribution in [3.63, 3.8) is 0 Å². The molecule has 1 aliphatic heterocycles. The Morgan fingerprint density at radius 1 is 1.11 bits per heavy atom. The molecule has 1 amide bonds. The summed E-state index contributed by atoms with van der Waals surface area (Å²) in [5.41, 5.74) is 1.34. The molecule has 3 rings (SSSR count). The minimum absolute atomic E-state index is 0.199. The van der Waals surface area contributed by atoms with Crippen LogP contribution >= 0.6 is 0 Å². The van der Waals surface area contributed by atoms with Gasteiger partial charge in [0.05, 0.1) is 17.9 Å². The third-order valence-electron chi connectivity index (χ3n) is 4.42. The minimum atomic E-state index is -3.50. The fourth-order valence-electron chi connectivity index (χ4n) is 3.07. The van der Waals surface area contributed by atoms with Crippen LogP contribution in [0.2, 0.25) is 0 Å². The number of nitrogens with zero attached hydrogens (tertiary/aromatic N) is 1. The van der Waals surface area contributed by atoms with E-state index < -0.39 is 10.0 Å². The first-order valence-electron chi connectivity index (χ1n) is 9.11. The number of carbonyl (C=O) groups excluding carboxylic acids is 1. The Morgan fingerprint density at radius 3 is 2.48 bits per heavy atom. The van der Waals surface area contributed by atoms with Gasteiger partial charge < -0.3 is 10.1 Å². The second kappa shape index (κ2) is 8.54. The minimum Gasteiger partial charge on any atom is -0.494 e. The zero-order chi connectivity index (χ0) is 19.3. The smallest absolute Gasteiger partial charge is 0.243 e. The molecule has 1 N–H and O–H groups in total. The van der Waals surface area contributed by atoms with Crippen molar-refractivity contribution in [3.8, 4) is 5.75 Å². The number of nitrogens with one attached hydrogen (secondary N) is 1. The van der Waals surface area contributed by atoms with Gasteiger partial charge in [0.2, 0.25) is 15.9 Å². The average molecular weight is 388 g/mol. The normalized spacial score (nSPS) is 14.9. The van der Waals surface area contributed by atoms with Gasteiger partial charge >= 0.3 is 0 Å². The van der Waals surface area contributed by atoms with Gasteiger partial charge in [-0.25, -0.2) is 8.42 Å². The van der Waals surface area contributed by atoms with Crippen molar-refractivity contribution < 1.29 is 17.9 Å². The van der Waals surface area contributed by atoms with Crippen LogP contribution in [0, 0.1) is 0 Å². The molecular weight excluding hydrogens is 364 g/mol. The van der Waals surface area contributed by atoms with Crippen LogP contribution in [-0.4, -0.2) is 38.3 Å². The molecule has 1 heterocycles. The monoisotopic (exact) mass is 388 g/mol. The highest BCUT2D eigenvalue weighted by Crippen LogP contribution is 2.23. The number of hydrogen-bond donors (Lipinski definition) is 1. The lowest BCUT2D eigenvalue weighted by atomic mass is 10.1. The quantitative estimate of drug-likeness (QED) is 0.791. The van der Waals surface area contributed by atoms with Gasteiger partial charge in [-0.2, -0.15) is 4.31 Å². The number of sulfonamides is 1. The molecule has 0 unspecified atom stereocenters. The topological polar surface area (TPSA) is 75.7 Å². The van der Waals surface area contributed by atoms with E-state index in [1.54, 1.807) is 18.2 Å². The van der Waals surface area contributed by atoms with Gasteiger partial charge in [-0.1, -0.05) is 18.2 Å². The lowest BCUT2D eigenvalue weighted by molar-refractivity contribution is -0.115. The third-order valence-corrected chi connectivity index (χ3v) is 6.31. The highest BCUT2D eigenvalue weighted by atomic mass is 32.2. The summed E-state index contributed by atoms with van der Waals surface area (Å²) in [7, 11) is -3.50. The zero-order valence-corrected chi connectivity index (χ0v) is 16.2. The van der Waals surface area contributed by atoms with Gasteiger partial charge in [0.1, 0.15) is 5.75 Å². The second-order valence-electron chi connectivity index (χ2n) is 6.44. The Bertz CT molecular complexity index is 888. The molecule has 7 heteroatoms. The van der Waals surface area contributed by atoms with E-state index in [1.807, 2.05) is 31.2 Å². The van der Waals surface area contributed by atoms with E-state index in [0.29, 0.717) is 25.4 Å². The van der Waals surface area contributed by atoms with E-state index in [1.165, 1.54) is 10.4 Å². The molecule has 2 aromatic rings. The Kier molecular flexibility index (Phi) is 6.13. The zero-order valence-electron chi connectivity index (χ0n) is 15.3. The molecule has 0 atom stereocenters. The van der Waals surface area contributed by atoms with Gasteiger partial charge in [0, 0.05) is 18.8 Å². The Balaban J connectivity index is 1.66. The van der Waals surface area contributed by atoms with Gasteiger partial charge in [-0.05, 0) is 55.7 Å². The summed E-state index contributed by atoms with van der Waals surface area (Å²) in [5, 5.41) is 2.78. The lowest BCUT2D eigenvalue weighted by Gasteiger charge is -2.16. The van der Waals surface area contributed by atoms with E-state index in [0.717, 1.165) is 24.2 Å². The predicted molar refractivity (Wildman–Crippen MR) is 104 cm³/mol. The molecule has 0 radical (unpaired) electrons. The van der Waals surface area contributed by atoms with Crippen LogP contribution in [0.15, 0.2) is 53.4 Å². The van der Waals surface area contributed by atoms with Crippen LogP contribution in [-0.2, 0) is 21.2 Å². The Labute approximate surface area is 160 Å². The maximum absolute atomic E-state index is 12.7. The number of anilines is 1. The van der Waals surface area contributed by atoms with Crippen molar-refractivity contribution in [2.24, 2.45) is 0 Å². The van der Waals surface area contributed by atoms with Crippen molar-refractivity contribution in [2.75, 3.05) is 25.0 Å². The molecule has 144 valence electrons. The fourth-order valence-corrected chi connectivity index (χ4v) is 4.64. The number of amides is 1. The van der Waals surface area contributed by atoms with E-state index in [2.05, 4.69) is 5.32 Å². The predicted octanol–water partition coefficient (Wildman–Crippen LogP) is 3.05. The van der Waals surface area contributed by atoms with E-state index in [9.17, 15) is 13.2 Å².